The first-order valence-electron chi connectivity index (χ1n) is 6.75. The van der Waals surface area contributed by atoms with Crippen molar-refractivity contribution in [2.75, 3.05) is 6.54 Å². The summed E-state index contributed by atoms with van der Waals surface area (Å²) in [4.78, 5) is 0.249. The van der Waals surface area contributed by atoms with Crippen molar-refractivity contribution >= 4 is 21.6 Å². The third-order valence-electron chi connectivity index (χ3n) is 3.74. The van der Waals surface area contributed by atoms with Crippen LogP contribution in [-0.4, -0.2) is 15.0 Å². The molecule has 1 aliphatic rings. The van der Waals surface area contributed by atoms with Crippen molar-refractivity contribution in [3.8, 4) is 0 Å². The molecule has 0 bridgehead atoms. The van der Waals surface area contributed by atoms with Gasteiger partial charge in [-0.25, -0.2) is 13.1 Å². The van der Waals surface area contributed by atoms with E-state index < -0.39 is 10.0 Å². The molecule has 0 atom stereocenters. The fraction of sp³-hybridized carbons (Fsp3) is 0.571. The van der Waals surface area contributed by atoms with Crippen LogP contribution in [0.4, 0.5) is 0 Å². The molecule has 1 N–H and O–H groups in total. The lowest BCUT2D eigenvalue weighted by molar-refractivity contribution is 0.357. The van der Waals surface area contributed by atoms with Crippen LogP contribution in [0.5, 0.6) is 0 Å². The molecule has 1 aromatic rings. The molecule has 2 rings (SSSR count). The molecule has 1 aliphatic carbocycles. The Hall–Kier alpha value is -0.580. The minimum atomic E-state index is -3.43. The van der Waals surface area contributed by atoms with Gasteiger partial charge in [0.05, 0.1) is 4.90 Å². The lowest BCUT2D eigenvalue weighted by Gasteiger charge is -2.21. The van der Waals surface area contributed by atoms with Gasteiger partial charge in [-0.15, -0.1) is 0 Å². The van der Waals surface area contributed by atoms with Gasteiger partial charge < -0.3 is 0 Å². The minimum Gasteiger partial charge on any atom is -0.211 e. The third-order valence-corrected chi connectivity index (χ3v) is 5.57. The van der Waals surface area contributed by atoms with E-state index in [9.17, 15) is 8.42 Å². The zero-order chi connectivity index (χ0) is 13.9. The monoisotopic (exact) mass is 301 g/mol. The first kappa shape index (κ1) is 14.8. The van der Waals surface area contributed by atoms with Gasteiger partial charge in [-0.1, -0.05) is 36.9 Å². The fourth-order valence-electron chi connectivity index (χ4n) is 2.44. The standard InChI is InChI=1S/C14H20ClNO2S/c1-11-7-8-13(9-14(11)15)19(17,18)16-10-12-5-3-2-4-6-12/h7-9,12,16H,2-6,10H2,1H3. The number of hydrogen-bond acceptors (Lipinski definition) is 2. The van der Waals surface area contributed by atoms with Crippen LogP contribution < -0.4 is 4.72 Å². The highest BCUT2D eigenvalue weighted by Crippen LogP contribution is 2.24. The number of hydrogen-bond donors (Lipinski definition) is 1. The van der Waals surface area contributed by atoms with Gasteiger partial charge in [0.2, 0.25) is 10.0 Å². The van der Waals surface area contributed by atoms with Crippen LogP contribution in [-0.2, 0) is 10.0 Å². The lowest BCUT2D eigenvalue weighted by Crippen LogP contribution is -2.30. The predicted octanol–water partition coefficient (Wildman–Crippen LogP) is 3.51. The van der Waals surface area contributed by atoms with Gasteiger partial charge in [-0.3, -0.25) is 0 Å². The summed E-state index contributed by atoms with van der Waals surface area (Å²) < 4.78 is 27.0. The third kappa shape index (κ3) is 3.94. The van der Waals surface area contributed by atoms with E-state index in [1.807, 2.05) is 6.92 Å². The van der Waals surface area contributed by atoms with Gasteiger partial charge in [-0.2, -0.15) is 0 Å². The van der Waals surface area contributed by atoms with E-state index in [0.717, 1.165) is 18.4 Å². The molecule has 0 amide bonds. The summed E-state index contributed by atoms with van der Waals surface area (Å²) in [6.07, 6.45) is 5.94. The van der Waals surface area contributed by atoms with E-state index in [4.69, 9.17) is 11.6 Å². The zero-order valence-corrected chi connectivity index (χ0v) is 12.7. The summed E-state index contributed by atoms with van der Waals surface area (Å²) in [5, 5.41) is 0.487. The van der Waals surface area contributed by atoms with Crippen LogP contribution in [0.25, 0.3) is 0 Å². The molecule has 1 fully saturated rings. The Balaban J connectivity index is 2.02. The molecule has 0 unspecified atom stereocenters. The quantitative estimate of drug-likeness (QED) is 0.925. The smallest absolute Gasteiger partial charge is 0.211 e. The van der Waals surface area contributed by atoms with Crippen molar-refractivity contribution in [2.45, 2.75) is 43.9 Å². The molecule has 0 aliphatic heterocycles. The zero-order valence-electron chi connectivity index (χ0n) is 11.2. The van der Waals surface area contributed by atoms with E-state index in [0.29, 0.717) is 17.5 Å². The summed E-state index contributed by atoms with van der Waals surface area (Å²) in [6.45, 7) is 2.39. The van der Waals surface area contributed by atoms with Gasteiger partial charge in [0.1, 0.15) is 0 Å². The normalized spacial score (nSPS) is 17.6. The summed E-state index contributed by atoms with van der Waals surface area (Å²) >= 11 is 5.98. The molecule has 0 saturated heterocycles. The van der Waals surface area contributed by atoms with Crippen molar-refractivity contribution < 1.29 is 8.42 Å². The van der Waals surface area contributed by atoms with Gasteiger partial charge in [0.25, 0.3) is 0 Å². The number of benzene rings is 1. The predicted molar refractivity (Wildman–Crippen MR) is 78.0 cm³/mol. The number of nitrogens with one attached hydrogen (secondary N) is 1. The highest BCUT2D eigenvalue weighted by molar-refractivity contribution is 7.89. The Morgan fingerprint density at radius 1 is 1.26 bits per heavy atom. The lowest BCUT2D eigenvalue weighted by atomic mass is 9.90. The second kappa shape index (κ2) is 6.25. The van der Waals surface area contributed by atoms with Crippen LogP contribution in [0.2, 0.25) is 5.02 Å². The summed E-state index contributed by atoms with van der Waals surface area (Å²) in [5.41, 5.74) is 0.882. The van der Waals surface area contributed by atoms with Crippen LogP contribution in [0.15, 0.2) is 23.1 Å². The topological polar surface area (TPSA) is 46.2 Å². The van der Waals surface area contributed by atoms with Crippen LogP contribution in [0.3, 0.4) is 0 Å². The second-order valence-electron chi connectivity index (χ2n) is 5.27. The Morgan fingerprint density at radius 3 is 2.58 bits per heavy atom. The first-order valence-corrected chi connectivity index (χ1v) is 8.61. The van der Waals surface area contributed by atoms with E-state index in [1.54, 1.807) is 12.1 Å². The number of sulfonamides is 1. The molecule has 3 nitrogen and oxygen atoms in total. The average molecular weight is 302 g/mol. The van der Waals surface area contributed by atoms with E-state index >= 15 is 0 Å². The molecule has 0 radical (unpaired) electrons. The van der Waals surface area contributed by atoms with Gasteiger partial charge >= 0.3 is 0 Å². The van der Waals surface area contributed by atoms with Gasteiger partial charge in [0.15, 0.2) is 0 Å². The minimum absolute atomic E-state index is 0.249. The van der Waals surface area contributed by atoms with Crippen molar-refractivity contribution in [3.05, 3.63) is 28.8 Å². The van der Waals surface area contributed by atoms with Crippen molar-refractivity contribution in [1.82, 2.24) is 4.72 Å². The molecule has 5 heteroatoms. The molecule has 0 spiro atoms. The van der Waals surface area contributed by atoms with Gasteiger partial charge in [0, 0.05) is 11.6 Å². The number of aryl methyl sites for hydroxylation is 1. The molecule has 106 valence electrons. The van der Waals surface area contributed by atoms with Gasteiger partial charge in [-0.05, 0) is 43.4 Å². The second-order valence-corrected chi connectivity index (χ2v) is 7.44. The maximum atomic E-state index is 12.2. The maximum Gasteiger partial charge on any atom is 0.240 e. The fourth-order valence-corrected chi connectivity index (χ4v) is 3.83. The largest absolute Gasteiger partial charge is 0.240 e. The van der Waals surface area contributed by atoms with Crippen LogP contribution >= 0.6 is 11.6 Å². The molecule has 1 aromatic carbocycles. The SMILES string of the molecule is Cc1ccc(S(=O)(=O)NCC2CCCCC2)cc1Cl. The van der Waals surface area contributed by atoms with Crippen LogP contribution in [0.1, 0.15) is 37.7 Å². The molecule has 0 heterocycles. The highest BCUT2D eigenvalue weighted by atomic mass is 35.5. The van der Waals surface area contributed by atoms with Crippen LogP contribution in [0, 0.1) is 12.8 Å². The van der Waals surface area contributed by atoms with E-state index in [-0.39, 0.29) is 4.90 Å². The highest BCUT2D eigenvalue weighted by Gasteiger charge is 2.19. The number of rotatable bonds is 4. The maximum absolute atomic E-state index is 12.2. The average Bonchev–Trinajstić information content (AvgIpc) is 2.41. The first-order chi connectivity index (χ1) is 8.99. The summed E-state index contributed by atoms with van der Waals surface area (Å²) in [7, 11) is -3.43. The van der Waals surface area contributed by atoms with Crippen molar-refractivity contribution in [3.63, 3.8) is 0 Å². The summed E-state index contributed by atoms with van der Waals surface area (Å²) in [5.74, 6) is 0.476. The van der Waals surface area contributed by atoms with Crippen molar-refractivity contribution in [1.29, 1.82) is 0 Å². The molecule has 0 aromatic heterocycles. The van der Waals surface area contributed by atoms with E-state index in [1.165, 1.54) is 25.3 Å². The Labute approximate surface area is 120 Å². The molecular weight excluding hydrogens is 282 g/mol. The Kier molecular flexibility index (Phi) is 4.87. The Bertz CT molecular complexity index is 536. The van der Waals surface area contributed by atoms with Crippen molar-refractivity contribution in [2.24, 2.45) is 5.92 Å². The van der Waals surface area contributed by atoms with E-state index in [2.05, 4.69) is 4.72 Å². The number of halogens is 1. The molecule has 19 heavy (non-hydrogen) atoms. The summed E-state index contributed by atoms with van der Waals surface area (Å²) in [6, 6.07) is 4.85. The Morgan fingerprint density at radius 2 is 1.95 bits per heavy atom. The molecule has 1 saturated carbocycles. The molecular formula is C14H20ClNO2S.